The van der Waals surface area contributed by atoms with E-state index in [4.69, 9.17) is 5.73 Å². The van der Waals surface area contributed by atoms with Crippen molar-refractivity contribution >= 4 is 16.5 Å². The maximum Gasteiger partial charge on any atom is 0.0320 e. The van der Waals surface area contributed by atoms with Crippen LogP contribution in [-0.4, -0.2) is 4.98 Å². The molecule has 3 N–H and O–H groups in total. The van der Waals surface area contributed by atoms with E-state index >= 15 is 0 Å². The molecule has 1 aromatic carbocycles. The van der Waals surface area contributed by atoms with E-state index in [1.165, 1.54) is 16.5 Å². The zero-order valence-electron chi connectivity index (χ0n) is 6.39. The number of aromatic nitrogens is 1. The van der Waals surface area contributed by atoms with Gasteiger partial charge in [-0.3, -0.25) is 0 Å². The Kier molecular flexibility index (Phi) is 1.15. The molecule has 2 aromatic rings. The molecule has 1 aromatic heterocycles. The standard InChI is InChI=1S/C9H10N2/c1-6-9-3-2-8(10)4-7(9)5-11-6/h2-5,11H,10H2,1H3. The zero-order valence-corrected chi connectivity index (χ0v) is 6.39. The molecule has 2 nitrogen and oxygen atoms in total. The molecule has 0 amide bonds. The van der Waals surface area contributed by atoms with Gasteiger partial charge in [0.2, 0.25) is 0 Å². The number of hydrogen-bond acceptors (Lipinski definition) is 1. The van der Waals surface area contributed by atoms with Gasteiger partial charge < -0.3 is 10.7 Å². The summed E-state index contributed by atoms with van der Waals surface area (Å²) in [5, 5.41) is 2.43. The van der Waals surface area contributed by atoms with Gasteiger partial charge in [-0.1, -0.05) is 6.07 Å². The first-order chi connectivity index (χ1) is 5.27. The van der Waals surface area contributed by atoms with Gasteiger partial charge in [0.1, 0.15) is 0 Å². The van der Waals surface area contributed by atoms with Crippen LogP contribution in [0, 0.1) is 6.92 Å². The van der Waals surface area contributed by atoms with E-state index in [0.717, 1.165) is 5.69 Å². The molecule has 0 radical (unpaired) electrons. The molecule has 0 atom stereocenters. The van der Waals surface area contributed by atoms with E-state index in [2.05, 4.69) is 11.9 Å². The largest absolute Gasteiger partial charge is 0.399 e. The molecule has 2 rings (SSSR count). The number of hydrogen-bond donors (Lipinski definition) is 2. The number of rotatable bonds is 0. The maximum atomic E-state index is 5.62. The molecule has 0 spiro atoms. The fourth-order valence-corrected chi connectivity index (χ4v) is 1.31. The summed E-state index contributed by atoms with van der Waals surface area (Å²) in [4.78, 5) is 3.15. The van der Waals surface area contributed by atoms with E-state index in [9.17, 15) is 0 Å². The summed E-state index contributed by atoms with van der Waals surface area (Å²) in [7, 11) is 0. The summed E-state index contributed by atoms with van der Waals surface area (Å²) >= 11 is 0. The van der Waals surface area contributed by atoms with Gasteiger partial charge in [-0.25, -0.2) is 0 Å². The van der Waals surface area contributed by atoms with Crippen LogP contribution in [0.5, 0.6) is 0 Å². The van der Waals surface area contributed by atoms with Crippen molar-refractivity contribution in [2.24, 2.45) is 0 Å². The monoisotopic (exact) mass is 146 g/mol. The minimum Gasteiger partial charge on any atom is -0.399 e. The molecule has 11 heavy (non-hydrogen) atoms. The number of fused-ring (bicyclic) bond motifs is 1. The molecular weight excluding hydrogens is 136 g/mol. The number of nitrogen functional groups attached to an aromatic ring is 1. The van der Waals surface area contributed by atoms with Crippen LogP contribution < -0.4 is 5.73 Å². The first-order valence-corrected chi connectivity index (χ1v) is 3.60. The van der Waals surface area contributed by atoms with Gasteiger partial charge in [0.15, 0.2) is 0 Å². The van der Waals surface area contributed by atoms with Gasteiger partial charge in [0.05, 0.1) is 0 Å². The summed E-state index contributed by atoms with van der Waals surface area (Å²) in [6.45, 7) is 2.05. The maximum absolute atomic E-state index is 5.62. The lowest BCUT2D eigenvalue weighted by Gasteiger charge is -1.92. The van der Waals surface area contributed by atoms with E-state index in [1.54, 1.807) is 0 Å². The quantitative estimate of drug-likeness (QED) is 0.549. The fourth-order valence-electron chi connectivity index (χ4n) is 1.31. The third-order valence-electron chi connectivity index (χ3n) is 1.92. The highest BCUT2D eigenvalue weighted by Gasteiger charge is 1.97. The number of H-pyrrole nitrogens is 1. The Balaban J connectivity index is 2.86. The van der Waals surface area contributed by atoms with Crippen LogP contribution in [0.15, 0.2) is 24.4 Å². The summed E-state index contributed by atoms with van der Waals surface area (Å²) in [5.74, 6) is 0. The van der Waals surface area contributed by atoms with Gasteiger partial charge >= 0.3 is 0 Å². The third-order valence-corrected chi connectivity index (χ3v) is 1.92. The average molecular weight is 146 g/mol. The minimum atomic E-state index is 0.816. The predicted molar refractivity (Wildman–Crippen MR) is 47.4 cm³/mol. The lowest BCUT2D eigenvalue weighted by atomic mass is 10.2. The van der Waals surface area contributed by atoms with Crippen LogP contribution in [0.2, 0.25) is 0 Å². The molecule has 0 fully saturated rings. The van der Waals surface area contributed by atoms with Crippen molar-refractivity contribution in [2.45, 2.75) is 6.92 Å². The number of nitrogens with one attached hydrogen (secondary N) is 1. The number of benzene rings is 1. The first-order valence-electron chi connectivity index (χ1n) is 3.60. The van der Waals surface area contributed by atoms with Gasteiger partial charge in [-0.2, -0.15) is 0 Å². The molecule has 1 heterocycles. The zero-order chi connectivity index (χ0) is 7.84. The summed E-state index contributed by atoms with van der Waals surface area (Å²) in [6, 6.07) is 5.93. The molecule has 0 bridgehead atoms. The highest BCUT2D eigenvalue weighted by Crippen LogP contribution is 2.19. The van der Waals surface area contributed by atoms with Crippen molar-refractivity contribution in [3.05, 3.63) is 30.1 Å². The van der Waals surface area contributed by atoms with Crippen LogP contribution in [0.4, 0.5) is 5.69 Å². The lowest BCUT2D eigenvalue weighted by Crippen LogP contribution is -1.81. The molecule has 56 valence electrons. The smallest absolute Gasteiger partial charge is 0.0320 e. The van der Waals surface area contributed by atoms with Crippen molar-refractivity contribution in [3.8, 4) is 0 Å². The van der Waals surface area contributed by atoms with Gasteiger partial charge in [-0.15, -0.1) is 0 Å². The molecule has 0 unspecified atom stereocenters. The number of anilines is 1. The number of nitrogens with two attached hydrogens (primary N) is 1. The topological polar surface area (TPSA) is 41.8 Å². The molecular formula is C9H10N2. The van der Waals surface area contributed by atoms with E-state index < -0.39 is 0 Å². The molecule has 0 aliphatic carbocycles. The van der Waals surface area contributed by atoms with Gasteiger partial charge in [0.25, 0.3) is 0 Å². The highest BCUT2D eigenvalue weighted by molar-refractivity contribution is 5.87. The first kappa shape index (κ1) is 6.28. The van der Waals surface area contributed by atoms with Gasteiger partial charge in [-0.05, 0) is 19.1 Å². The second-order valence-corrected chi connectivity index (χ2v) is 2.76. The van der Waals surface area contributed by atoms with Crippen LogP contribution in [0.25, 0.3) is 10.8 Å². The molecule has 0 saturated heterocycles. The summed E-state index contributed by atoms with van der Waals surface area (Å²) < 4.78 is 0. The summed E-state index contributed by atoms with van der Waals surface area (Å²) in [6.07, 6.45) is 1.97. The van der Waals surface area contributed by atoms with Crippen molar-refractivity contribution in [1.29, 1.82) is 0 Å². The van der Waals surface area contributed by atoms with Crippen LogP contribution in [-0.2, 0) is 0 Å². The Labute approximate surface area is 65.0 Å². The Bertz CT molecular complexity index is 387. The van der Waals surface area contributed by atoms with Crippen molar-refractivity contribution < 1.29 is 0 Å². The second kappa shape index (κ2) is 2.02. The van der Waals surface area contributed by atoms with Crippen LogP contribution in [0.3, 0.4) is 0 Å². The van der Waals surface area contributed by atoms with Crippen molar-refractivity contribution in [2.75, 3.05) is 5.73 Å². The number of aromatic amines is 1. The van der Waals surface area contributed by atoms with Crippen molar-refractivity contribution in [3.63, 3.8) is 0 Å². The predicted octanol–water partition coefficient (Wildman–Crippen LogP) is 2.06. The Morgan fingerprint density at radius 1 is 1.36 bits per heavy atom. The number of aryl methyl sites for hydroxylation is 1. The fraction of sp³-hybridized carbons (Fsp3) is 0.111. The van der Waals surface area contributed by atoms with Gasteiger partial charge in [0, 0.05) is 28.4 Å². The van der Waals surface area contributed by atoms with E-state index in [0.29, 0.717) is 0 Å². The third kappa shape index (κ3) is 0.871. The average Bonchev–Trinajstić information content (AvgIpc) is 2.32. The van der Waals surface area contributed by atoms with E-state index in [1.807, 2.05) is 24.4 Å². The second-order valence-electron chi connectivity index (χ2n) is 2.76. The normalized spacial score (nSPS) is 10.6. The van der Waals surface area contributed by atoms with E-state index in [-0.39, 0.29) is 0 Å². The van der Waals surface area contributed by atoms with Crippen molar-refractivity contribution in [1.82, 2.24) is 4.98 Å². The highest BCUT2D eigenvalue weighted by atomic mass is 14.7. The van der Waals surface area contributed by atoms with Crippen LogP contribution >= 0.6 is 0 Å². The molecule has 0 aliphatic heterocycles. The molecule has 0 aliphatic rings. The Morgan fingerprint density at radius 3 is 3.00 bits per heavy atom. The minimum absolute atomic E-state index is 0.816. The van der Waals surface area contributed by atoms with Crippen LogP contribution in [0.1, 0.15) is 5.69 Å². The Morgan fingerprint density at radius 2 is 2.18 bits per heavy atom. The Hall–Kier alpha value is -1.44. The SMILES string of the molecule is Cc1[nH]cc2cc(N)ccc12. The molecule has 0 saturated carbocycles. The summed E-state index contributed by atoms with van der Waals surface area (Å²) in [5.41, 5.74) is 7.63. The lowest BCUT2D eigenvalue weighted by molar-refractivity contribution is 1.28. The molecule has 2 heteroatoms.